The van der Waals surface area contributed by atoms with Crippen LogP contribution in [-0.4, -0.2) is 65.7 Å². The van der Waals surface area contributed by atoms with Crippen LogP contribution >= 0.6 is 0 Å². The fraction of sp³-hybridized carbons (Fsp3) is 0.909. The fourth-order valence-electron chi connectivity index (χ4n) is 1.07. The summed E-state index contributed by atoms with van der Waals surface area (Å²) in [6.07, 6.45) is 0. The van der Waals surface area contributed by atoms with Crippen LogP contribution in [0.1, 0.15) is 6.92 Å². The predicted octanol–water partition coefficient (Wildman–Crippen LogP) is -0.608. The summed E-state index contributed by atoms with van der Waals surface area (Å²) in [5.74, 6) is 0.00963. The topological polar surface area (TPSA) is 68.8 Å². The van der Waals surface area contributed by atoms with Crippen molar-refractivity contribution in [3.8, 4) is 0 Å². The van der Waals surface area contributed by atoms with Crippen LogP contribution in [0.15, 0.2) is 0 Å². The molecule has 0 fully saturated rings. The average molecular weight is 248 g/mol. The summed E-state index contributed by atoms with van der Waals surface area (Å²) in [6, 6.07) is 0. The highest BCUT2D eigenvalue weighted by Crippen LogP contribution is 1.79. The summed E-state index contributed by atoms with van der Waals surface area (Å²) >= 11 is 0. The van der Waals surface area contributed by atoms with Gasteiger partial charge in [0.2, 0.25) is 5.91 Å². The van der Waals surface area contributed by atoms with Crippen LogP contribution in [0.4, 0.5) is 0 Å². The lowest BCUT2D eigenvalue weighted by molar-refractivity contribution is -0.120. The van der Waals surface area contributed by atoms with Gasteiger partial charge in [-0.25, -0.2) is 0 Å². The zero-order valence-corrected chi connectivity index (χ0v) is 10.8. The normalized spacial score (nSPS) is 10.5. The third kappa shape index (κ3) is 13.2. The van der Waals surface area contributed by atoms with E-state index in [0.717, 1.165) is 0 Å². The number of rotatable bonds is 12. The van der Waals surface area contributed by atoms with E-state index in [9.17, 15) is 4.79 Å². The molecule has 0 unspecified atom stereocenters. The zero-order chi connectivity index (χ0) is 12.8. The van der Waals surface area contributed by atoms with Crippen molar-refractivity contribution < 1.29 is 19.0 Å². The highest BCUT2D eigenvalue weighted by molar-refractivity contribution is 5.77. The molecule has 6 heteroatoms. The van der Waals surface area contributed by atoms with E-state index in [2.05, 4.69) is 10.6 Å². The molecule has 6 nitrogen and oxygen atoms in total. The van der Waals surface area contributed by atoms with Gasteiger partial charge < -0.3 is 24.8 Å². The molecule has 0 radical (unpaired) electrons. The molecule has 0 bridgehead atoms. The van der Waals surface area contributed by atoms with Gasteiger partial charge in [-0.15, -0.1) is 0 Å². The molecule has 0 spiro atoms. The lowest BCUT2D eigenvalue weighted by Gasteiger charge is -2.06. The van der Waals surface area contributed by atoms with Crippen molar-refractivity contribution in [2.24, 2.45) is 0 Å². The van der Waals surface area contributed by atoms with Gasteiger partial charge in [-0.2, -0.15) is 0 Å². The van der Waals surface area contributed by atoms with E-state index < -0.39 is 0 Å². The quantitative estimate of drug-likeness (QED) is 0.451. The van der Waals surface area contributed by atoms with Crippen molar-refractivity contribution in [1.82, 2.24) is 10.6 Å². The van der Waals surface area contributed by atoms with Gasteiger partial charge in [0.25, 0.3) is 0 Å². The fourth-order valence-corrected chi connectivity index (χ4v) is 1.07. The van der Waals surface area contributed by atoms with Gasteiger partial charge in [0.1, 0.15) is 0 Å². The van der Waals surface area contributed by atoms with Crippen molar-refractivity contribution in [2.75, 3.05) is 59.8 Å². The number of amides is 1. The van der Waals surface area contributed by atoms with E-state index in [-0.39, 0.29) is 5.91 Å². The highest BCUT2D eigenvalue weighted by Gasteiger charge is 1.97. The van der Waals surface area contributed by atoms with Crippen molar-refractivity contribution in [2.45, 2.75) is 6.92 Å². The van der Waals surface area contributed by atoms with Gasteiger partial charge in [0.15, 0.2) is 0 Å². The maximum Gasteiger partial charge on any atom is 0.233 e. The molecule has 0 aromatic carbocycles. The van der Waals surface area contributed by atoms with E-state index in [1.54, 1.807) is 7.11 Å². The van der Waals surface area contributed by atoms with Gasteiger partial charge in [0, 0.05) is 20.2 Å². The van der Waals surface area contributed by atoms with E-state index in [4.69, 9.17) is 14.2 Å². The number of hydrogen-bond acceptors (Lipinski definition) is 5. The Hall–Kier alpha value is -0.690. The van der Waals surface area contributed by atoms with Crippen LogP contribution < -0.4 is 10.6 Å². The van der Waals surface area contributed by atoms with Crippen molar-refractivity contribution in [1.29, 1.82) is 0 Å². The molecule has 0 saturated carbocycles. The standard InChI is InChI=1S/C11H24N2O4/c1-3-13-11(14)10-12-4-5-16-8-9-17-7-6-15-2/h12H,3-10H2,1-2H3,(H,13,14). The second kappa shape index (κ2) is 13.4. The lowest BCUT2D eigenvalue weighted by atomic mass is 10.5. The smallest absolute Gasteiger partial charge is 0.233 e. The number of methoxy groups -OCH3 is 1. The molecular formula is C11H24N2O4. The van der Waals surface area contributed by atoms with Crippen LogP contribution in [0.3, 0.4) is 0 Å². The van der Waals surface area contributed by atoms with Gasteiger partial charge >= 0.3 is 0 Å². The summed E-state index contributed by atoms with van der Waals surface area (Å²) in [5, 5.41) is 5.69. The molecule has 17 heavy (non-hydrogen) atoms. The molecule has 0 saturated heterocycles. The second-order valence-corrected chi connectivity index (χ2v) is 3.35. The molecule has 0 aliphatic heterocycles. The molecule has 0 aliphatic carbocycles. The Bertz CT molecular complexity index is 179. The second-order valence-electron chi connectivity index (χ2n) is 3.35. The first-order valence-corrected chi connectivity index (χ1v) is 5.93. The van der Waals surface area contributed by atoms with Gasteiger partial charge in [-0.05, 0) is 6.92 Å². The first kappa shape index (κ1) is 16.3. The monoisotopic (exact) mass is 248 g/mol. The Labute approximate surface area is 103 Å². The van der Waals surface area contributed by atoms with E-state index in [1.807, 2.05) is 6.92 Å². The summed E-state index contributed by atoms with van der Waals surface area (Å²) in [5.41, 5.74) is 0. The Morgan fingerprint density at radius 1 is 1.06 bits per heavy atom. The minimum atomic E-state index is 0.00963. The summed E-state index contributed by atoms with van der Waals surface area (Å²) in [7, 11) is 1.64. The molecule has 1 amide bonds. The maximum absolute atomic E-state index is 11.0. The number of carbonyl (C=O) groups excluding carboxylic acids is 1. The summed E-state index contributed by atoms with van der Waals surface area (Å²) in [4.78, 5) is 11.0. The first-order chi connectivity index (χ1) is 8.31. The van der Waals surface area contributed by atoms with Gasteiger partial charge in [0.05, 0.1) is 39.6 Å². The first-order valence-electron chi connectivity index (χ1n) is 5.93. The van der Waals surface area contributed by atoms with Crippen LogP contribution in [0.2, 0.25) is 0 Å². The van der Waals surface area contributed by atoms with Crippen molar-refractivity contribution in [3.63, 3.8) is 0 Å². The number of hydrogen-bond donors (Lipinski definition) is 2. The molecular weight excluding hydrogens is 224 g/mol. The molecule has 0 atom stereocenters. The third-order valence-electron chi connectivity index (χ3n) is 1.89. The molecule has 2 N–H and O–H groups in total. The van der Waals surface area contributed by atoms with Crippen molar-refractivity contribution >= 4 is 5.91 Å². The predicted molar refractivity (Wildman–Crippen MR) is 65.1 cm³/mol. The van der Waals surface area contributed by atoms with Gasteiger partial charge in [-0.3, -0.25) is 4.79 Å². The van der Waals surface area contributed by atoms with E-state index in [1.165, 1.54) is 0 Å². The molecule has 0 aliphatic rings. The average Bonchev–Trinajstić information content (AvgIpc) is 2.32. The zero-order valence-electron chi connectivity index (χ0n) is 10.8. The number of carbonyl (C=O) groups is 1. The largest absolute Gasteiger partial charge is 0.382 e. The van der Waals surface area contributed by atoms with Crippen LogP contribution in [0, 0.1) is 0 Å². The Balaban J connectivity index is 3.01. The molecule has 0 heterocycles. The summed E-state index contributed by atoms with van der Waals surface area (Å²) in [6.45, 7) is 6.46. The SMILES string of the molecule is CCNC(=O)CNCCOCCOCCOC. The Kier molecular flexibility index (Phi) is 12.8. The van der Waals surface area contributed by atoms with E-state index in [0.29, 0.717) is 52.7 Å². The van der Waals surface area contributed by atoms with Crippen molar-refractivity contribution in [3.05, 3.63) is 0 Å². The summed E-state index contributed by atoms with van der Waals surface area (Å²) < 4.78 is 15.3. The minimum absolute atomic E-state index is 0.00963. The van der Waals surface area contributed by atoms with Gasteiger partial charge in [-0.1, -0.05) is 0 Å². The third-order valence-corrected chi connectivity index (χ3v) is 1.89. The number of nitrogens with one attached hydrogen (secondary N) is 2. The van der Waals surface area contributed by atoms with E-state index >= 15 is 0 Å². The van der Waals surface area contributed by atoms with Crippen LogP contribution in [0.5, 0.6) is 0 Å². The highest BCUT2D eigenvalue weighted by atomic mass is 16.5. The maximum atomic E-state index is 11.0. The molecule has 0 aromatic heterocycles. The molecule has 0 rings (SSSR count). The minimum Gasteiger partial charge on any atom is -0.382 e. The Morgan fingerprint density at radius 2 is 1.71 bits per heavy atom. The van der Waals surface area contributed by atoms with Crippen LogP contribution in [-0.2, 0) is 19.0 Å². The van der Waals surface area contributed by atoms with Crippen LogP contribution in [0.25, 0.3) is 0 Å². The Morgan fingerprint density at radius 3 is 2.35 bits per heavy atom. The number of likely N-dealkylation sites (N-methyl/N-ethyl adjacent to an activating group) is 1. The lowest BCUT2D eigenvalue weighted by Crippen LogP contribution is -2.35. The number of ether oxygens (including phenoxy) is 3. The molecule has 0 aromatic rings. The molecule has 102 valence electrons.